The number of phenolic OH excluding ortho intramolecular Hbond substituents is 1. The van der Waals surface area contributed by atoms with Crippen molar-refractivity contribution in [3.8, 4) is 5.75 Å². The summed E-state index contributed by atoms with van der Waals surface area (Å²) in [7, 11) is 0. The van der Waals surface area contributed by atoms with Crippen molar-refractivity contribution in [1.29, 1.82) is 0 Å². The highest BCUT2D eigenvalue weighted by molar-refractivity contribution is 5.89. The van der Waals surface area contributed by atoms with Crippen LogP contribution >= 0.6 is 0 Å². The highest BCUT2D eigenvalue weighted by Crippen LogP contribution is 2.33. The molecule has 5 nitrogen and oxygen atoms in total. The molecule has 1 aliphatic rings. The average molecular weight is 333 g/mol. The fraction of sp³-hybridized carbons (Fsp3) is 0.294. The largest absolute Gasteiger partial charge is 0.508 e. The van der Waals surface area contributed by atoms with Gasteiger partial charge in [-0.05, 0) is 36.6 Å². The first-order valence-electron chi connectivity index (χ1n) is 7.64. The third-order valence-corrected chi connectivity index (χ3v) is 4.05. The van der Waals surface area contributed by atoms with Gasteiger partial charge in [-0.3, -0.25) is 4.98 Å². The van der Waals surface area contributed by atoms with Gasteiger partial charge >= 0.3 is 6.03 Å². The predicted octanol–water partition coefficient (Wildman–Crippen LogP) is 4.09. The molecule has 7 heteroatoms. The van der Waals surface area contributed by atoms with Crippen molar-refractivity contribution in [3.05, 3.63) is 53.9 Å². The Balaban J connectivity index is 1.74. The lowest BCUT2D eigenvalue weighted by Gasteiger charge is -2.25. The molecule has 1 aromatic carbocycles. The number of carbonyl (C=O) groups is 1. The molecule has 2 N–H and O–H groups in total. The number of nitrogens with zero attached hydrogens (tertiary/aromatic N) is 2. The molecule has 3 rings (SSSR count). The molecule has 1 atom stereocenters. The molecule has 1 saturated heterocycles. The number of amides is 2. The minimum Gasteiger partial charge on any atom is -0.508 e. The normalized spacial score (nSPS) is 17.3. The smallest absolute Gasteiger partial charge is 0.322 e. The van der Waals surface area contributed by atoms with Gasteiger partial charge in [0, 0.05) is 18.3 Å². The lowest BCUT2D eigenvalue weighted by Crippen LogP contribution is -2.34. The standard InChI is InChI=1S/C17H17F2N3O2/c18-16(19)12-8-13(10-20-9-12)21-17(24)22-7-1-2-15(22)11-3-5-14(23)6-4-11/h3-6,8-10,15-16,23H,1-2,7H2,(H,21,24). The van der Waals surface area contributed by atoms with Gasteiger partial charge in [0.1, 0.15) is 5.75 Å². The number of anilines is 1. The zero-order chi connectivity index (χ0) is 17.1. The van der Waals surface area contributed by atoms with E-state index >= 15 is 0 Å². The van der Waals surface area contributed by atoms with Crippen molar-refractivity contribution in [2.75, 3.05) is 11.9 Å². The van der Waals surface area contributed by atoms with Crippen LogP contribution in [0.2, 0.25) is 0 Å². The van der Waals surface area contributed by atoms with Crippen LogP contribution in [0.25, 0.3) is 0 Å². The molecule has 0 bridgehead atoms. The molecule has 1 aliphatic heterocycles. The Bertz CT molecular complexity index is 722. The second-order valence-corrected chi connectivity index (χ2v) is 5.68. The fourth-order valence-corrected chi connectivity index (χ4v) is 2.89. The maximum atomic E-state index is 12.7. The summed E-state index contributed by atoms with van der Waals surface area (Å²) in [6.07, 6.45) is 1.46. The van der Waals surface area contributed by atoms with E-state index in [-0.39, 0.29) is 29.1 Å². The number of aromatic hydroxyl groups is 1. The van der Waals surface area contributed by atoms with E-state index in [0.717, 1.165) is 24.6 Å². The lowest BCUT2D eigenvalue weighted by molar-refractivity contribution is 0.151. The van der Waals surface area contributed by atoms with Crippen LogP contribution in [0.15, 0.2) is 42.7 Å². The zero-order valence-electron chi connectivity index (χ0n) is 12.8. The zero-order valence-corrected chi connectivity index (χ0v) is 12.8. The Morgan fingerprint density at radius 2 is 2.04 bits per heavy atom. The second-order valence-electron chi connectivity index (χ2n) is 5.68. The van der Waals surface area contributed by atoms with Crippen LogP contribution in [0.4, 0.5) is 19.3 Å². The minimum absolute atomic E-state index is 0.100. The number of aromatic nitrogens is 1. The lowest BCUT2D eigenvalue weighted by atomic mass is 10.0. The number of phenols is 1. The molecule has 24 heavy (non-hydrogen) atoms. The number of carbonyl (C=O) groups excluding carboxylic acids is 1. The number of urea groups is 1. The van der Waals surface area contributed by atoms with E-state index in [1.165, 1.54) is 12.3 Å². The molecular formula is C17H17F2N3O2. The molecule has 2 amide bonds. The summed E-state index contributed by atoms with van der Waals surface area (Å²) in [6.45, 7) is 0.583. The van der Waals surface area contributed by atoms with Crippen molar-refractivity contribution in [2.45, 2.75) is 25.3 Å². The van der Waals surface area contributed by atoms with Crippen LogP contribution < -0.4 is 5.32 Å². The van der Waals surface area contributed by atoms with Crippen molar-refractivity contribution in [1.82, 2.24) is 9.88 Å². The number of nitrogens with one attached hydrogen (secondary N) is 1. The summed E-state index contributed by atoms with van der Waals surface area (Å²) in [4.78, 5) is 17.9. The van der Waals surface area contributed by atoms with Crippen molar-refractivity contribution in [3.63, 3.8) is 0 Å². The molecule has 126 valence electrons. The molecule has 0 aliphatic carbocycles. The van der Waals surface area contributed by atoms with Gasteiger partial charge in [-0.2, -0.15) is 0 Å². The number of likely N-dealkylation sites (tertiary alicyclic amines) is 1. The van der Waals surface area contributed by atoms with E-state index in [2.05, 4.69) is 10.3 Å². The maximum absolute atomic E-state index is 12.7. The predicted molar refractivity (Wildman–Crippen MR) is 85.0 cm³/mol. The number of hydrogen-bond donors (Lipinski definition) is 2. The first-order valence-corrected chi connectivity index (χ1v) is 7.64. The summed E-state index contributed by atoms with van der Waals surface area (Å²) >= 11 is 0. The van der Waals surface area contributed by atoms with Crippen LogP contribution in [-0.4, -0.2) is 27.6 Å². The second kappa shape index (κ2) is 6.82. The Labute approximate surface area is 137 Å². The number of pyridine rings is 1. The molecule has 1 fully saturated rings. The number of halogens is 2. The van der Waals surface area contributed by atoms with Crippen LogP contribution in [0.3, 0.4) is 0 Å². The Morgan fingerprint density at radius 3 is 2.75 bits per heavy atom. The van der Waals surface area contributed by atoms with Gasteiger partial charge in [0.2, 0.25) is 0 Å². The fourth-order valence-electron chi connectivity index (χ4n) is 2.89. The van der Waals surface area contributed by atoms with E-state index in [9.17, 15) is 18.7 Å². The molecule has 0 radical (unpaired) electrons. The third kappa shape index (κ3) is 3.45. The third-order valence-electron chi connectivity index (χ3n) is 4.05. The number of alkyl halides is 2. The Morgan fingerprint density at radius 1 is 1.29 bits per heavy atom. The van der Waals surface area contributed by atoms with E-state index < -0.39 is 6.43 Å². The molecule has 0 saturated carbocycles. The van der Waals surface area contributed by atoms with Crippen LogP contribution in [-0.2, 0) is 0 Å². The summed E-state index contributed by atoms with van der Waals surface area (Å²) < 4.78 is 25.4. The SMILES string of the molecule is O=C(Nc1cncc(C(F)F)c1)N1CCCC1c1ccc(O)cc1. The van der Waals surface area contributed by atoms with E-state index in [0.29, 0.717) is 6.54 Å². The van der Waals surface area contributed by atoms with Gasteiger partial charge in [0.15, 0.2) is 0 Å². The van der Waals surface area contributed by atoms with E-state index in [4.69, 9.17) is 0 Å². The first-order chi connectivity index (χ1) is 11.5. The van der Waals surface area contributed by atoms with E-state index in [1.807, 2.05) is 0 Å². The summed E-state index contributed by atoms with van der Waals surface area (Å²) in [5.41, 5.74) is 0.943. The number of hydrogen-bond acceptors (Lipinski definition) is 3. The van der Waals surface area contributed by atoms with Gasteiger partial charge in [-0.25, -0.2) is 13.6 Å². The summed E-state index contributed by atoms with van der Waals surface area (Å²) in [6, 6.07) is 7.51. The monoisotopic (exact) mass is 333 g/mol. The van der Waals surface area contributed by atoms with Crippen LogP contribution in [0.5, 0.6) is 5.75 Å². The average Bonchev–Trinajstić information content (AvgIpc) is 3.05. The number of benzene rings is 1. The van der Waals surface area contributed by atoms with Gasteiger partial charge in [0.05, 0.1) is 17.9 Å². The van der Waals surface area contributed by atoms with Crippen molar-refractivity contribution >= 4 is 11.7 Å². The van der Waals surface area contributed by atoms with Crippen molar-refractivity contribution < 1.29 is 18.7 Å². The van der Waals surface area contributed by atoms with E-state index in [1.54, 1.807) is 29.2 Å². The minimum atomic E-state index is -2.63. The molecule has 0 spiro atoms. The van der Waals surface area contributed by atoms with Gasteiger partial charge in [-0.15, -0.1) is 0 Å². The highest BCUT2D eigenvalue weighted by atomic mass is 19.3. The van der Waals surface area contributed by atoms with Crippen LogP contribution in [0, 0.1) is 0 Å². The van der Waals surface area contributed by atoms with Crippen LogP contribution in [0.1, 0.15) is 36.4 Å². The maximum Gasteiger partial charge on any atom is 0.322 e. The Hall–Kier alpha value is -2.70. The van der Waals surface area contributed by atoms with Gasteiger partial charge in [-0.1, -0.05) is 12.1 Å². The highest BCUT2D eigenvalue weighted by Gasteiger charge is 2.30. The van der Waals surface area contributed by atoms with Gasteiger partial charge < -0.3 is 15.3 Å². The first kappa shape index (κ1) is 16.2. The molecule has 2 aromatic rings. The molecule has 2 heterocycles. The topological polar surface area (TPSA) is 65.5 Å². The molecular weight excluding hydrogens is 316 g/mol. The molecule has 1 aromatic heterocycles. The van der Waals surface area contributed by atoms with Gasteiger partial charge in [0.25, 0.3) is 6.43 Å². The molecule has 1 unspecified atom stereocenters. The number of rotatable bonds is 3. The summed E-state index contributed by atoms with van der Waals surface area (Å²) in [5.74, 6) is 0.169. The quantitative estimate of drug-likeness (QED) is 0.889. The van der Waals surface area contributed by atoms with Crippen molar-refractivity contribution in [2.24, 2.45) is 0 Å². The Kier molecular flexibility index (Phi) is 4.59. The summed E-state index contributed by atoms with van der Waals surface area (Å²) in [5, 5.41) is 12.0.